The normalized spacial score (nSPS) is 13.2. The molecule has 0 rings (SSSR count). The number of allylic oxidation sites excluding steroid dienone is 3. The van der Waals surface area contributed by atoms with E-state index in [0.717, 1.165) is 12.8 Å². The van der Waals surface area contributed by atoms with Crippen LogP contribution < -0.4 is 0 Å². The Morgan fingerprint density at radius 3 is 2.43 bits per heavy atom. The third-order valence-corrected chi connectivity index (χ3v) is 1.53. The topological polar surface area (TPSA) is 9.23 Å². The van der Waals surface area contributed by atoms with Gasteiger partial charge in [0.2, 0.25) is 0 Å². The quantitative estimate of drug-likeness (QED) is 0.467. The summed E-state index contributed by atoms with van der Waals surface area (Å²) < 4.78 is 28.2. The predicted octanol–water partition coefficient (Wildman–Crippen LogP) is 4.12. The highest BCUT2D eigenvalue weighted by Gasteiger charge is 2.04. The lowest BCUT2D eigenvalue weighted by molar-refractivity contribution is -0.0923. The Bertz CT molecular complexity index is 195. The summed E-state index contributed by atoms with van der Waals surface area (Å²) in [4.78, 5) is 0. The van der Waals surface area contributed by atoms with Gasteiger partial charge in [-0.2, -0.15) is 8.78 Å². The van der Waals surface area contributed by atoms with Crippen molar-refractivity contribution in [2.45, 2.75) is 40.2 Å². The Balaban J connectivity index is 4.22. The summed E-state index contributed by atoms with van der Waals surface area (Å²) in [6.07, 6.45) is 6.65. The van der Waals surface area contributed by atoms with Gasteiger partial charge in [-0.1, -0.05) is 26.8 Å². The zero-order chi connectivity index (χ0) is 11.0. The molecule has 0 bridgehead atoms. The largest absolute Gasteiger partial charge is 0.435 e. The average Bonchev–Trinajstić information content (AvgIpc) is 2.09. The summed E-state index contributed by atoms with van der Waals surface area (Å²) >= 11 is 0. The van der Waals surface area contributed by atoms with Gasteiger partial charge in [0.15, 0.2) is 0 Å². The maximum atomic E-state index is 11.9. The van der Waals surface area contributed by atoms with E-state index >= 15 is 0 Å². The Labute approximate surface area is 84.5 Å². The molecule has 0 aromatic heterocycles. The summed E-state index contributed by atoms with van der Waals surface area (Å²) in [6.45, 7) is 3.26. The summed E-state index contributed by atoms with van der Waals surface area (Å²) in [5.41, 5.74) is 0. The Morgan fingerprint density at radius 2 is 2.00 bits per heavy atom. The number of hydrogen-bond donors (Lipinski definition) is 0. The lowest BCUT2D eigenvalue weighted by Crippen LogP contribution is -1.98. The minimum Gasteiger partial charge on any atom is -0.435 e. The molecule has 0 aromatic carbocycles. The maximum Gasteiger partial charge on any atom is 0.387 e. The zero-order valence-electron chi connectivity index (χ0n) is 8.97. The molecule has 0 N–H and O–H groups in total. The number of hydrogen-bond acceptors (Lipinski definition) is 1. The van der Waals surface area contributed by atoms with Gasteiger partial charge in [-0.05, 0) is 30.9 Å². The lowest BCUT2D eigenvalue weighted by Gasteiger charge is -2.06. The van der Waals surface area contributed by atoms with Crippen LogP contribution >= 0.6 is 0 Å². The summed E-state index contributed by atoms with van der Waals surface area (Å²) in [6, 6.07) is 0. The molecule has 0 atom stereocenters. The van der Waals surface area contributed by atoms with Crippen molar-refractivity contribution >= 4 is 0 Å². The molecule has 0 saturated heterocycles. The maximum absolute atomic E-state index is 11.9. The molecule has 0 aromatic rings. The van der Waals surface area contributed by atoms with Crippen molar-refractivity contribution in [3.8, 4) is 0 Å². The molecule has 82 valence electrons. The molecule has 0 unspecified atom stereocenters. The summed E-state index contributed by atoms with van der Waals surface area (Å²) in [5, 5.41) is 0. The van der Waals surface area contributed by atoms with Gasteiger partial charge in [0.1, 0.15) is 5.76 Å². The van der Waals surface area contributed by atoms with Crippen LogP contribution in [0.4, 0.5) is 8.78 Å². The van der Waals surface area contributed by atoms with E-state index in [1.54, 1.807) is 18.2 Å². The molecule has 1 nitrogen and oxygen atoms in total. The van der Waals surface area contributed by atoms with Crippen molar-refractivity contribution in [1.82, 2.24) is 0 Å². The predicted molar refractivity (Wildman–Crippen MR) is 54.1 cm³/mol. The number of alkyl halides is 2. The van der Waals surface area contributed by atoms with Gasteiger partial charge in [0.25, 0.3) is 0 Å². The molecule has 14 heavy (non-hydrogen) atoms. The minimum absolute atomic E-state index is 0.260. The third kappa shape index (κ3) is 7.77. The number of ether oxygens (including phenoxy) is 1. The van der Waals surface area contributed by atoms with E-state index in [0.29, 0.717) is 5.92 Å². The molecule has 0 amide bonds. The van der Waals surface area contributed by atoms with Crippen molar-refractivity contribution in [3.05, 3.63) is 24.0 Å². The second kappa shape index (κ2) is 7.54. The van der Waals surface area contributed by atoms with Crippen LogP contribution in [0.2, 0.25) is 0 Å². The Morgan fingerprint density at radius 1 is 1.36 bits per heavy atom. The molecule has 0 aliphatic heterocycles. The monoisotopic (exact) mass is 204 g/mol. The van der Waals surface area contributed by atoms with Gasteiger partial charge < -0.3 is 4.74 Å². The summed E-state index contributed by atoms with van der Waals surface area (Å²) in [5.74, 6) is 0.705. The first-order valence-corrected chi connectivity index (χ1v) is 4.87. The van der Waals surface area contributed by atoms with Crippen molar-refractivity contribution in [2.24, 2.45) is 5.92 Å². The molecular formula is C11H18F2O. The van der Waals surface area contributed by atoms with E-state index < -0.39 is 6.61 Å². The van der Waals surface area contributed by atoms with Crippen LogP contribution in [0, 0.1) is 5.92 Å². The van der Waals surface area contributed by atoms with Gasteiger partial charge in [0.05, 0.1) is 0 Å². The highest BCUT2D eigenvalue weighted by atomic mass is 19.3. The average molecular weight is 204 g/mol. The number of halogens is 2. The molecule has 0 aliphatic rings. The SMILES string of the molecule is CC/C=C\C(=C/CC(C)C)OC(F)F. The van der Waals surface area contributed by atoms with Gasteiger partial charge in [0, 0.05) is 0 Å². The van der Waals surface area contributed by atoms with E-state index in [2.05, 4.69) is 4.74 Å². The van der Waals surface area contributed by atoms with Crippen LogP contribution in [0.3, 0.4) is 0 Å². The van der Waals surface area contributed by atoms with Gasteiger partial charge in [-0.3, -0.25) is 0 Å². The second-order valence-electron chi connectivity index (χ2n) is 3.43. The van der Waals surface area contributed by atoms with Crippen LogP contribution in [0.1, 0.15) is 33.6 Å². The van der Waals surface area contributed by atoms with E-state index in [-0.39, 0.29) is 5.76 Å². The lowest BCUT2D eigenvalue weighted by atomic mass is 10.1. The van der Waals surface area contributed by atoms with Gasteiger partial charge >= 0.3 is 6.61 Å². The second-order valence-corrected chi connectivity index (χ2v) is 3.43. The molecule has 0 heterocycles. The van der Waals surface area contributed by atoms with Crippen LogP contribution in [0.25, 0.3) is 0 Å². The zero-order valence-corrected chi connectivity index (χ0v) is 8.97. The van der Waals surface area contributed by atoms with E-state index in [9.17, 15) is 8.78 Å². The molecule has 0 aliphatic carbocycles. The smallest absolute Gasteiger partial charge is 0.387 e. The molecular weight excluding hydrogens is 186 g/mol. The van der Waals surface area contributed by atoms with Crippen LogP contribution in [0.5, 0.6) is 0 Å². The highest BCUT2D eigenvalue weighted by Crippen LogP contribution is 2.11. The fourth-order valence-electron chi connectivity index (χ4n) is 0.844. The van der Waals surface area contributed by atoms with Gasteiger partial charge in [-0.25, -0.2) is 0 Å². The fourth-order valence-corrected chi connectivity index (χ4v) is 0.844. The molecule has 0 fully saturated rings. The fraction of sp³-hybridized carbons (Fsp3) is 0.636. The first kappa shape index (κ1) is 13.1. The third-order valence-electron chi connectivity index (χ3n) is 1.53. The Kier molecular flexibility index (Phi) is 7.07. The molecule has 3 heteroatoms. The van der Waals surface area contributed by atoms with E-state index in [1.807, 2.05) is 20.8 Å². The first-order valence-electron chi connectivity index (χ1n) is 4.87. The molecule has 0 saturated carbocycles. The van der Waals surface area contributed by atoms with Crippen LogP contribution in [-0.2, 0) is 4.74 Å². The molecule has 0 spiro atoms. The Hall–Kier alpha value is -0.860. The van der Waals surface area contributed by atoms with E-state index in [4.69, 9.17) is 0 Å². The van der Waals surface area contributed by atoms with Crippen molar-refractivity contribution in [3.63, 3.8) is 0 Å². The minimum atomic E-state index is -2.74. The van der Waals surface area contributed by atoms with Crippen molar-refractivity contribution in [2.75, 3.05) is 0 Å². The highest BCUT2D eigenvalue weighted by molar-refractivity contribution is 5.11. The van der Waals surface area contributed by atoms with Crippen LogP contribution in [0.15, 0.2) is 24.0 Å². The van der Waals surface area contributed by atoms with Crippen LogP contribution in [-0.4, -0.2) is 6.61 Å². The van der Waals surface area contributed by atoms with Gasteiger partial charge in [-0.15, -0.1) is 0 Å². The van der Waals surface area contributed by atoms with Crippen molar-refractivity contribution < 1.29 is 13.5 Å². The molecule has 0 radical (unpaired) electrons. The first-order chi connectivity index (χ1) is 6.56. The number of rotatable bonds is 6. The van der Waals surface area contributed by atoms with E-state index in [1.165, 1.54) is 0 Å². The summed E-state index contributed by atoms with van der Waals surface area (Å²) in [7, 11) is 0. The van der Waals surface area contributed by atoms with Crippen molar-refractivity contribution in [1.29, 1.82) is 0 Å². The standard InChI is InChI=1S/C11H18F2O/c1-4-5-6-10(14-11(12)13)8-7-9(2)3/h5-6,8-9,11H,4,7H2,1-3H3/b6-5-,10-8+.